The molecule has 158 valence electrons. The van der Waals surface area contributed by atoms with E-state index in [0.29, 0.717) is 12.6 Å². The molecule has 2 aromatic heterocycles. The highest BCUT2D eigenvalue weighted by Crippen LogP contribution is 2.32. The molecule has 3 aromatic rings. The molecule has 0 aliphatic carbocycles. The van der Waals surface area contributed by atoms with E-state index in [2.05, 4.69) is 44.9 Å². The Morgan fingerprint density at radius 3 is 2.87 bits per heavy atom. The van der Waals surface area contributed by atoms with Gasteiger partial charge in [0.1, 0.15) is 11.9 Å². The molecule has 2 aliphatic heterocycles. The molecule has 1 aromatic carbocycles. The second-order valence-corrected chi connectivity index (χ2v) is 8.36. The van der Waals surface area contributed by atoms with Crippen molar-refractivity contribution in [1.29, 1.82) is 0 Å². The first kappa shape index (κ1) is 19.3. The van der Waals surface area contributed by atoms with Gasteiger partial charge in [-0.05, 0) is 37.5 Å². The number of hydrogen-bond acceptors (Lipinski definition) is 5. The van der Waals surface area contributed by atoms with Crippen LogP contribution >= 0.6 is 0 Å². The Balaban J connectivity index is 1.24. The zero-order valence-corrected chi connectivity index (χ0v) is 17.4. The van der Waals surface area contributed by atoms with E-state index in [1.165, 1.54) is 15.5 Å². The predicted molar refractivity (Wildman–Crippen MR) is 115 cm³/mol. The molecule has 1 atom stereocenters. The average molecular weight is 409 g/mol. The third-order valence-corrected chi connectivity index (χ3v) is 6.31. The molecule has 0 saturated carbocycles. The summed E-state index contributed by atoms with van der Waals surface area (Å²) >= 11 is 0. The molecule has 4 heterocycles. The lowest BCUT2D eigenvalue weighted by atomic mass is 10.1. The molecule has 0 N–H and O–H groups in total. The topological polar surface area (TPSA) is 61.5 Å². The third kappa shape index (κ3) is 3.75. The van der Waals surface area contributed by atoms with Crippen molar-refractivity contribution in [3.63, 3.8) is 0 Å². The molecule has 5 rings (SSSR count). The van der Waals surface area contributed by atoms with E-state index in [-0.39, 0.29) is 11.7 Å². The summed E-state index contributed by atoms with van der Waals surface area (Å²) in [7, 11) is 1.74. The van der Waals surface area contributed by atoms with Gasteiger partial charge in [0, 0.05) is 56.6 Å². The molecule has 1 unspecified atom stereocenters. The molecule has 0 spiro atoms. The summed E-state index contributed by atoms with van der Waals surface area (Å²) in [5.41, 5.74) is 2.00. The minimum atomic E-state index is 0.0345. The number of likely N-dealkylation sites (tertiary alicyclic amines) is 1. The summed E-state index contributed by atoms with van der Waals surface area (Å²) < 4.78 is 15.9. The number of benzene rings is 1. The van der Waals surface area contributed by atoms with Crippen LogP contribution in [0.15, 0.2) is 47.8 Å². The van der Waals surface area contributed by atoms with Gasteiger partial charge >= 0.3 is 0 Å². The van der Waals surface area contributed by atoms with Gasteiger partial charge in [0.25, 0.3) is 5.56 Å². The minimum Gasteiger partial charge on any atom is -0.490 e. The van der Waals surface area contributed by atoms with Crippen molar-refractivity contribution in [2.45, 2.75) is 38.0 Å². The number of fused-ring (bicyclic) bond motifs is 1. The number of aromatic nitrogens is 3. The van der Waals surface area contributed by atoms with E-state index in [9.17, 15) is 4.79 Å². The van der Waals surface area contributed by atoms with Crippen molar-refractivity contribution in [2.24, 2.45) is 7.05 Å². The first-order valence-electron chi connectivity index (χ1n) is 10.7. The second kappa shape index (κ2) is 8.24. The molecular formula is C23H28N4O3. The maximum atomic E-state index is 12.2. The normalized spacial score (nSPS) is 20.8. The van der Waals surface area contributed by atoms with E-state index in [1.807, 2.05) is 0 Å². The first-order valence-corrected chi connectivity index (χ1v) is 10.7. The fourth-order valence-corrected chi connectivity index (χ4v) is 4.59. The Hall–Kier alpha value is -2.64. The Labute approximate surface area is 175 Å². The van der Waals surface area contributed by atoms with Crippen molar-refractivity contribution < 1.29 is 9.47 Å². The van der Waals surface area contributed by atoms with Crippen LogP contribution in [0, 0.1) is 0 Å². The highest BCUT2D eigenvalue weighted by Gasteiger charge is 2.23. The molecular weight excluding hydrogens is 380 g/mol. The Kier molecular flexibility index (Phi) is 5.31. The average Bonchev–Trinajstić information content (AvgIpc) is 3.43. The van der Waals surface area contributed by atoms with Crippen molar-refractivity contribution >= 4 is 10.9 Å². The number of piperidine rings is 1. The molecule has 0 bridgehead atoms. The molecule has 2 saturated heterocycles. The van der Waals surface area contributed by atoms with Gasteiger partial charge in [-0.1, -0.05) is 6.07 Å². The van der Waals surface area contributed by atoms with Gasteiger partial charge in [-0.15, -0.1) is 0 Å². The Bertz CT molecular complexity index is 1080. The van der Waals surface area contributed by atoms with Crippen LogP contribution in [0.1, 0.15) is 30.9 Å². The predicted octanol–water partition coefficient (Wildman–Crippen LogP) is 2.74. The van der Waals surface area contributed by atoms with E-state index < -0.39 is 0 Å². The summed E-state index contributed by atoms with van der Waals surface area (Å²) in [5, 5.41) is 1.17. The lowest BCUT2D eigenvalue weighted by Crippen LogP contribution is -2.39. The zero-order chi connectivity index (χ0) is 20.5. The van der Waals surface area contributed by atoms with Crippen molar-refractivity contribution in [2.75, 3.05) is 26.3 Å². The summed E-state index contributed by atoms with van der Waals surface area (Å²) in [5.74, 6) is 0.963. The number of aryl methyl sites for hydroxylation is 1. The van der Waals surface area contributed by atoms with Crippen LogP contribution < -0.4 is 10.3 Å². The Morgan fingerprint density at radius 1 is 1.20 bits per heavy atom. The van der Waals surface area contributed by atoms with Crippen molar-refractivity contribution in [3.05, 3.63) is 58.9 Å². The zero-order valence-electron chi connectivity index (χ0n) is 17.4. The van der Waals surface area contributed by atoms with Gasteiger partial charge < -0.3 is 18.6 Å². The fraction of sp³-hybridized carbons (Fsp3) is 0.478. The molecule has 0 amide bonds. The number of ether oxygens (including phenoxy) is 2. The smallest absolute Gasteiger partial charge is 0.257 e. The number of hydrogen-bond donors (Lipinski definition) is 0. The first-order chi connectivity index (χ1) is 14.7. The van der Waals surface area contributed by atoms with Crippen molar-refractivity contribution in [1.82, 2.24) is 19.0 Å². The van der Waals surface area contributed by atoms with E-state index in [0.717, 1.165) is 56.9 Å². The van der Waals surface area contributed by atoms with Crippen LogP contribution in [0.5, 0.6) is 5.75 Å². The lowest BCUT2D eigenvalue weighted by molar-refractivity contribution is 0.0976. The van der Waals surface area contributed by atoms with Gasteiger partial charge in [0.15, 0.2) is 0 Å². The van der Waals surface area contributed by atoms with Gasteiger partial charge in [0.05, 0.1) is 24.5 Å². The highest BCUT2D eigenvalue weighted by molar-refractivity contribution is 5.86. The Morgan fingerprint density at radius 2 is 2.07 bits per heavy atom. The molecule has 2 fully saturated rings. The summed E-state index contributed by atoms with van der Waals surface area (Å²) in [6, 6.07) is 8.90. The second-order valence-electron chi connectivity index (χ2n) is 8.36. The largest absolute Gasteiger partial charge is 0.490 e. The molecule has 0 radical (unpaired) electrons. The van der Waals surface area contributed by atoms with Crippen LogP contribution in [-0.4, -0.2) is 51.4 Å². The minimum absolute atomic E-state index is 0.0345. The monoisotopic (exact) mass is 408 g/mol. The summed E-state index contributed by atoms with van der Waals surface area (Å²) in [4.78, 5) is 18.7. The maximum absolute atomic E-state index is 12.2. The number of nitrogens with zero attached hydrogens (tertiary/aromatic N) is 4. The van der Waals surface area contributed by atoms with Crippen LogP contribution in [0.4, 0.5) is 0 Å². The van der Waals surface area contributed by atoms with Crippen molar-refractivity contribution in [3.8, 4) is 5.75 Å². The van der Waals surface area contributed by atoms with Gasteiger partial charge in [0.2, 0.25) is 0 Å². The third-order valence-electron chi connectivity index (χ3n) is 6.31. The highest BCUT2D eigenvalue weighted by atomic mass is 16.5. The van der Waals surface area contributed by atoms with E-state index in [1.54, 1.807) is 19.6 Å². The fourth-order valence-electron chi connectivity index (χ4n) is 4.59. The molecule has 7 heteroatoms. The summed E-state index contributed by atoms with van der Waals surface area (Å²) in [6.07, 6.45) is 8.57. The molecule has 30 heavy (non-hydrogen) atoms. The van der Waals surface area contributed by atoms with E-state index in [4.69, 9.17) is 9.47 Å². The van der Waals surface area contributed by atoms with Gasteiger partial charge in [-0.3, -0.25) is 9.69 Å². The van der Waals surface area contributed by atoms with E-state index >= 15 is 0 Å². The SMILES string of the molecule is Cn1cncc(CN2CCC(Oc3cccc4c3ccn4C3CCOC3)CC2)c1=O. The standard InChI is InChI=1S/C23H28N4O3/c1-25-16-24-13-17(23(25)28)14-26-9-5-19(6-10-26)30-22-4-2-3-21-20(22)7-11-27(21)18-8-12-29-15-18/h2-4,7,11,13,16,18-19H,5-6,8-10,12,14-15H2,1H3. The van der Waals surface area contributed by atoms with Gasteiger partial charge in [-0.2, -0.15) is 0 Å². The number of rotatable bonds is 5. The van der Waals surface area contributed by atoms with Crippen LogP contribution in [0.2, 0.25) is 0 Å². The summed E-state index contributed by atoms with van der Waals surface area (Å²) in [6.45, 7) is 4.10. The van der Waals surface area contributed by atoms with Crippen LogP contribution in [-0.2, 0) is 18.3 Å². The molecule has 7 nitrogen and oxygen atoms in total. The van der Waals surface area contributed by atoms with Gasteiger partial charge in [-0.25, -0.2) is 4.98 Å². The maximum Gasteiger partial charge on any atom is 0.257 e. The molecule has 2 aliphatic rings. The van der Waals surface area contributed by atoms with Crippen LogP contribution in [0.25, 0.3) is 10.9 Å². The lowest BCUT2D eigenvalue weighted by Gasteiger charge is -2.32. The van der Waals surface area contributed by atoms with Crippen LogP contribution in [0.3, 0.4) is 0 Å². The quantitative estimate of drug-likeness (QED) is 0.650.